The van der Waals surface area contributed by atoms with Crippen LogP contribution in [-0.2, 0) is 9.47 Å². The smallest absolute Gasteiger partial charge is 0.190 e. The largest absolute Gasteiger partial charge is 0.493 e. The maximum Gasteiger partial charge on any atom is 0.190 e. The molecule has 0 aromatic heterocycles. The summed E-state index contributed by atoms with van der Waals surface area (Å²) in [5, 5.41) is 0. The summed E-state index contributed by atoms with van der Waals surface area (Å²) >= 11 is 6.97. The van der Waals surface area contributed by atoms with E-state index in [4.69, 9.17) is 9.47 Å². The van der Waals surface area contributed by atoms with Crippen LogP contribution in [0.25, 0.3) is 5.76 Å². The van der Waals surface area contributed by atoms with Crippen LogP contribution < -0.4 is 0 Å². The van der Waals surface area contributed by atoms with Gasteiger partial charge in [-0.2, -0.15) is 0 Å². The Kier molecular flexibility index (Phi) is 10.1. The quantitative estimate of drug-likeness (QED) is 0.100. The van der Waals surface area contributed by atoms with Crippen molar-refractivity contribution in [1.29, 1.82) is 0 Å². The third-order valence-electron chi connectivity index (χ3n) is 4.81. The zero-order valence-electron chi connectivity index (χ0n) is 18.0. The van der Waals surface area contributed by atoms with Gasteiger partial charge in [-0.3, -0.25) is 9.59 Å². The summed E-state index contributed by atoms with van der Waals surface area (Å²) in [4.78, 5) is 24.9. The molecule has 0 aliphatic carbocycles. The number of carbonyl (C=O) groups is 2. The van der Waals surface area contributed by atoms with Crippen molar-refractivity contribution < 1.29 is 19.1 Å². The molecule has 0 atom stereocenters. The molecule has 3 rings (SSSR count). The van der Waals surface area contributed by atoms with Crippen molar-refractivity contribution in [3.05, 3.63) is 111 Å². The second-order valence-corrected chi connectivity index (χ2v) is 8.94. The molecule has 33 heavy (non-hydrogen) atoms. The molecule has 0 bridgehead atoms. The van der Waals surface area contributed by atoms with Gasteiger partial charge in [0.2, 0.25) is 0 Å². The molecule has 6 heteroatoms. The van der Waals surface area contributed by atoms with Crippen LogP contribution in [0.4, 0.5) is 0 Å². The van der Waals surface area contributed by atoms with E-state index in [9.17, 15) is 9.59 Å². The molecule has 0 heterocycles. The second kappa shape index (κ2) is 13.2. The Morgan fingerprint density at radius 1 is 0.727 bits per heavy atom. The van der Waals surface area contributed by atoms with E-state index in [1.54, 1.807) is 18.2 Å². The van der Waals surface area contributed by atoms with Gasteiger partial charge in [-0.1, -0.05) is 92.5 Å². The van der Waals surface area contributed by atoms with E-state index in [2.05, 4.69) is 31.9 Å². The molecule has 3 aromatic rings. The van der Waals surface area contributed by atoms with Gasteiger partial charge in [-0.15, -0.1) is 0 Å². The fraction of sp³-hybridized carbons (Fsp3) is 0.185. The lowest BCUT2D eigenvalue weighted by Crippen LogP contribution is -2.10. The number of carbonyl (C=O) groups excluding carboxylic acids is 2. The Labute approximate surface area is 210 Å². The van der Waals surface area contributed by atoms with E-state index >= 15 is 0 Å². The first kappa shape index (κ1) is 25.1. The van der Waals surface area contributed by atoms with Crippen LogP contribution in [0.1, 0.15) is 39.1 Å². The molecule has 3 aromatic carbocycles. The lowest BCUT2D eigenvalue weighted by Gasteiger charge is -2.13. The average molecular weight is 572 g/mol. The van der Waals surface area contributed by atoms with Gasteiger partial charge in [-0.05, 0) is 31.0 Å². The van der Waals surface area contributed by atoms with Crippen molar-refractivity contribution in [2.45, 2.75) is 12.8 Å². The second-order valence-electron chi connectivity index (χ2n) is 7.23. The number of ether oxygens (including phenoxy) is 2. The monoisotopic (exact) mass is 570 g/mol. The van der Waals surface area contributed by atoms with Gasteiger partial charge in [0.1, 0.15) is 12.4 Å². The van der Waals surface area contributed by atoms with E-state index in [1.165, 1.54) is 6.08 Å². The van der Waals surface area contributed by atoms with Crippen LogP contribution in [0.15, 0.2) is 93.9 Å². The van der Waals surface area contributed by atoms with Crippen LogP contribution in [0.5, 0.6) is 0 Å². The van der Waals surface area contributed by atoms with Gasteiger partial charge in [-0.25, -0.2) is 0 Å². The van der Waals surface area contributed by atoms with Crippen molar-refractivity contribution in [2.24, 2.45) is 0 Å². The number of Topliss-reactive ketones (excluding diaryl/α,β-unsaturated/α-hetero) is 1. The number of halogens is 2. The lowest BCUT2D eigenvalue weighted by atomic mass is 10.1. The highest BCUT2D eigenvalue weighted by molar-refractivity contribution is 9.10. The maximum absolute atomic E-state index is 12.9. The zero-order valence-corrected chi connectivity index (χ0v) is 21.2. The molecule has 0 spiro atoms. The van der Waals surface area contributed by atoms with Crippen LogP contribution in [0.3, 0.4) is 0 Å². The van der Waals surface area contributed by atoms with Gasteiger partial charge in [0.25, 0.3) is 0 Å². The summed E-state index contributed by atoms with van der Waals surface area (Å²) in [6, 6.07) is 24.0. The van der Waals surface area contributed by atoms with Crippen molar-refractivity contribution in [1.82, 2.24) is 0 Å². The molecule has 0 aliphatic heterocycles. The Morgan fingerprint density at radius 2 is 1.30 bits per heavy atom. The highest BCUT2D eigenvalue weighted by Crippen LogP contribution is 2.27. The minimum atomic E-state index is -0.143. The first-order chi connectivity index (χ1) is 16.1. The number of hydrogen-bond donors (Lipinski definition) is 0. The van der Waals surface area contributed by atoms with Gasteiger partial charge in [0, 0.05) is 38.3 Å². The third kappa shape index (κ3) is 7.77. The SMILES string of the molecule is O=C(COCCCCO/C(=C/C(=O)c1ccccc1Br)c1ccccc1Br)c1ccccc1. The number of rotatable bonds is 12. The maximum atomic E-state index is 12.9. The molecule has 4 nitrogen and oxygen atoms in total. The average Bonchev–Trinajstić information content (AvgIpc) is 2.83. The van der Waals surface area contributed by atoms with Crippen LogP contribution in [0, 0.1) is 0 Å². The van der Waals surface area contributed by atoms with E-state index < -0.39 is 0 Å². The van der Waals surface area contributed by atoms with Crippen molar-refractivity contribution in [3.63, 3.8) is 0 Å². The summed E-state index contributed by atoms with van der Waals surface area (Å²) in [6.45, 7) is 0.950. The van der Waals surface area contributed by atoms with Gasteiger partial charge in [0.15, 0.2) is 11.6 Å². The minimum Gasteiger partial charge on any atom is -0.493 e. The molecule has 0 aliphatic rings. The molecular formula is C27H24Br2O4. The molecule has 0 N–H and O–H groups in total. The number of ketones is 2. The fourth-order valence-corrected chi connectivity index (χ4v) is 4.04. The molecule has 170 valence electrons. The molecule has 0 amide bonds. The van der Waals surface area contributed by atoms with Crippen LogP contribution in [-0.4, -0.2) is 31.4 Å². The van der Waals surface area contributed by atoms with E-state index in [0.29, 0.717) is 30.1 Å². The number of benzene rings is 3. The summed E-state index contributed by atoms with van der Waals surface area (Å²) in [5.41, 5.74) is 2.03. The van der Waals surface area contributed by atoms with E-state index in [1.807, 2.05) is 60.7 Å². The third-order valence-corrected chi connectivity index (χ3v) is 6.19. The number of hydrogen-bond acceptors (Lipinski definition) is 4. The van der Waals surface area contributed by atoms with E-state index in [0.717, 1.165) is 27.4 Å². The summed E-state index contributed by atoms with van der Waals surface area (Å²) in [6.07, 6.45) is 2.99. The summed E-state index contributed by atoms with van der Waals surface area (Å²) < 4.78 is 13.1. The molecule has 0 fully saturated rings. The predicted molar refractivity (Wildman–Crippen MR) is 137 cm³/mol. The van der Waals surface area contributed by atoms with Gasteiger partial charge >= 0.3 is 0 Å². The molecule has 0 saturated heterocycles. The van der Waals surface area contributed by atoms with Crippen LogP contribution >= 0.6 is 31.9 Å². The predicted octanol–water partition coefficient (Wildman–Crippen LogP) is 7.13. The lowest BCUT2D eigenvalue weighted by molar-refractivity contribution is 0.0746. The number of unbranched alkanes of at least 4 members (excludes halogenated alkanes) is 1. The normalized spacial score (nSPS) is 11.3. The van der Waals surface area contributed by atoms with Crippen molar-refractivity contribution in [3.8, 4) is 0 Å². The Morgan fingerprint density at radius 3 is 1.97 bits per heavy atom. The Bertz CT molecular complexity index is 1110. The van der Waals surface area contributed by atoms with Crippen molar-refractivity contribution >= 4 is 49.2 Å². The van der Waals surface area contributed by atoms with E-state index in [-0.39, 0.29) is 18.2 Å². The Hall–Kier alpha value is -2.54. The standard InChI is InChI=1S/C27H24Br2O4/c28-23-14-6-4-12-21(23)25(30)18-27(22-13-5-7-15-24(22)29)33-17-9-8-16-32-19-26(31)20-10-2-1-3-11-20/h1-7,10-15,18H,8-9,16-17,19H2/b27-18+. The first-order valence-corrected chi connectivity index (χ1v) is 12.2. The molecule has 0 unspecified atom stereocenters. The van der Waals surface area contributed by atoms with Crippen LogP contribution in [0.2, 0.25) is 0 Å². The van der Waals surface area contributed by atoms with Gasteiger partial charge in [0.05, 0.1) is 6.61 Å². The molecule has 0 radical (unpaired) electrons. The zero-order chi connectivity index (χ0) is 23.5. The highest BCUT2D eigenvalue weighted by atomic mass is 79.9. The minimum absolute atomic E-state index is 0.0309. The fourth-order valence-electron chi connectivity index (χ4n) is 3.08. The molecular weight excluding hydrogens is 548 g/mol. The summed E-state index contributed by atoms with van der Waals surface area (Å²) in [7, 11) is 0. The summed E-state index contributed by atoms with van der Waals surface area (Å²) in [5.74, 6) is 0.330. The van der Waals surface area contributed by atoms with Gasteiger partial charge < -0.3 is 9.47 Å². The first-order valence-electron chi connectivity index (χ1n) is 10.6. The topological polar surface area (TPSA) is 52.6 Å². The van der Waals surface area contributed by atoms with Crippen molar-refractivity contribution in [2.75, 3.05) is 19.8 Å². The number of allylic oxidation sites excluding steroid dienone is 1. The molecule has 0 saturated carbocycles. The Balaban J connectivity index is 1.53. The highest BCUT2D eigenvalue weighted by Gasteiger charge is 2.13.